The summed E-state index contributed by atoms with van der Waals surface area (Å²) in [5, 5.41) is 5.34. The maximum Gasteiger partial charge on any atom is 0.237 e. The van der Waals surface area contributed by atoms with Gasteiger partial charge in [-0.25, -0.2) is 8.42 Å². The molecule has 0 spiro atoms. The normalized spacial score (nSPS) is 16.2. The Hall–Kier alpha value is -2.32. The molecule has 1 unspecified atom stereocenters. The van der Waals surface area contributed by atoms with Crippen LogP contribution < -0.4 is 10.6 Å². The third kappa shape index (κ3) is 4.94. The van der Waals surface area contributed by atoms with E-state index in [1.807, 2.05) is 37.3 Å². The van der Waals surface area contributed by atoms with Crippen molar-refractivity contribution >= 4 is 39.1 Å². The lowest BCUT2D eigenvalue weighted by molar-refractivity contribution is -0.121. The molecule has 0 bridgehead atoms. The second-order valence-corrected chi connectivity index (χ2v) is 9.85. The highest BCUT2D eigenvalue weighted by Gasteiger charge is 2.27. The number of carbonyl (C=O) groups excluding carboxylic acids is 2. The van der Waals surface area contributed by atoms with Crippen LogP contribution in [0.4, 0.5) is 5.69 Å². The highest BCUT2D eigenvalue weighted by molar-refractivity contribution is 8.01. The first-order valence-electron chi connectivity index (χ1n) is 9.04. The van der Waals surface area contributed by atoms with Crippen molar-refractivity contribution in [1.29, 1.82) is 0 Å². The van der Waals surface area contributed by atoms with Crippen LogP contribution in [0.3, 0.4) is 0 Å². The van der Waals surface area contributed by atoms with Crippen LogP contribution in [-0.4, -0.2) is 31.2 Å². The number of amides is 2. The van der Waals surface area contributed by atoms with Gasteiger partial charge in [-0.1, -0.05) is 37.3 Å². The Bertz CT molecular complexity index is 975. The lowest BCUT2D eigenvalue weighted by Gasteiger charge is -2.23. The van der Waals surface area contributed by atoms with Crippen molar-refractivity contribution in [3.8, 4) is 0 Å². The molecule has 3 rings (SSSR count). The van der Waals surface area contributed by atoms with Crippen molar-refractivity contribution < 1.29 is 18.0 Å². The van der Waals surface area contributed by atoms with Gasteiger partial charge in [0.1, 0.15) is 0 Å². The smallest absolute Gasteiger partial charge is 0.237 e. The quantitative estimate of drug-likeness (QED) is 0.721. The third-order valence-electron chi connectivity index (χ3n) is 4.43. The van der Waals surface area contributed by atoms with E-state index in [-0.39, 0.29) is 34.1 Å². The molecule has 1 aliphatic rings. The van der Waals surface area contributed by atoms with Crippen LogP contribution in [0.1, 0.15) is 25.3 Å². The number of thioether (sulfide) groups is 1. The molecular weight excluding hydrogens is 396 g/mol. The minimum absolute atomic E-state index is 0.109. The fourth-order valence-electron chi connectivity index (χ4n) is 2.82. The maximum absolute atomic E-state index is 12.6. The molecule has 0 aliphatic carbocycles. The first-order valence-corrected chi connectivity index (χ1v) is 11.6. The van der Waals surface area contributed by atoms with Crippen molar-refractivity contribution in [1.82, 2.24) is 5.32 Å². The topological polar surface area (TPSA) is 92.3 Å². The third-order valence-corrected chi connectivity index (χ3v) is 7.59. The number of carbonyl (C=O) groups is 2. The van der Waals surface area contributed by atoms with Crippen molar-refractivity contribution in [3.05, 3.63) is 54.1 Å². The molecule has 8 heteroatoms. The number of hydrogen-bond donors (Lipinski definition) is 2. The second-order valence-electron chi connectivity index (χ2n) is 6.49. The van der Waals surface area contributed by atoms with Crippen molar-refractivity contribution in [2.24, 2.45) is 0 Å². The Balaban J connectivity index is 1.61. The van der Waals surface area contributed by atoms with Crippen molar-refractivity contribution in [2.45, 2.75) is 41.4 Å². The van der Waals surface area contributed by atoms with Gasteiger partial charge in [-0.3, -0.25) is 9.59 Å². The number of hydrogen-bond acceptors (Lipinski definition) is 5. The van der Waals surface area contributed by atoms with E-state index in [9.17, 15) is 18.0 Å². The number of rotatable bonds is 7. The molecule has 28 heavy (non-hydrogen) atoms. The van der Waals surface area contributed by atoms with E-state index in [2.05, 4.69) is 10.6 Å². The van der Waals surface area contributed by atoms with E-state index < -0.39 is 9.84 Å². The van der Waals surface area contributed by atoms with Gasteiger partial charge in [0.15, 0.2) is 9.84 Å². The van der Waals surface area contributed by atoms with Crippen LogP contribution >= 0.6 is 11.8 Å². The van der Waals surface area contributed by atoms with E-state index in [1.165, 1.54) is 23.9 Å². The summed E-state index contributed by atoms with van der Waals surface area (Å²) in [6.45, 7) is 2.30. The van der Waals surface area contributed by atoms with E-state index in [0.29, 0.717) is 18.7 Å². The van der Waals surface area contributed by atoms with Gasteiger partial charge >= 0.3 is 0 Å². The molecule has 0 saturated heterocycles. The average molecular weight is 419 g/mol. The SMILES string of the molecule is CCC1Sc2ccc(S(=O)(=O)CCC(=O)NCc3ccccc3)cc2NC1=O. The number of benzene rings is 2. The fourth-order valence-corrected chi connectivity index (χ4v) is 5.11. The molecule has 148 valence electrons. The van der Waals surface area contributed by atoms with E-state index in [4.69, 9.17) is 0 Å². The van der Waals surface area contributed by atoms with Crippen molar-refractivity contribution in [3.63, 3.8) is 0 Å². The summed E-state index contributed by atoms with van der Waals surface area (Å²) in [6.07, 6.45) is 0.583. The summed E-state index contributed by atoms with van der Waals surface area (Å²) in [5.41, 5.74) is 1.46. The maximum atomic E-state index is 12.6. The van der Waals surface area contributed by atoms with Crippen LogP contribution in [0.15, 0.2) is 58.3 Å². The Labute approximate surface area is 169 Å². The zero-order valence-corrected chi connectivity index (χ0v) is 17.1. The molecule has 6 nitrogen and oxygen atoms in total. The molecular formula is C20H22N2O4S2. The first kappa shape index (κ1) is 20.4. The molecule has 1 heterocycles. The number of anilines is 1. The number of fused-ring (bicyclic) bond motifs is 1. The highest BCUT2D eigenvalue weighted by Crippen LogP contribution is 2.38. The minimum Gasteiger partial charge on any atom is -0.352 e. The highest BCUT2D eigenvalue weighted by atomic mass is 32.2. The summed E-state index contributed by atoms with van der Waals surface area (Å²) in [4.78, 5) is 25.0. The summed E-state index contributed by atoms with van der Waals surface area (Å²) in [5.74, 6) is -0.722. The number of nitrogens with one attached hydrogen (secondary N) is 2. The molecule has 2 N–H and O–H groups in total. The molecule has 1 atom stereocenters. The molecule has 2 aromatic carbocycles. The van der Waals surface area contributed by atoms with Crippen LogP contribution in [0, 0.1) is 0 Å². The van der Waals surface area contributed by atoms with Gasteiger partial charge in [0, 0.05) is 17.9 Å². The van der Waals surface area contributed by atoms with Crippen LogP contribution in [0.5, 0.6) is 0 Å². The predicted molar refractivity (Wildman–Crippen MR) is 110 cm³/mol. The lowest BCUT2D eigenvalue weighted by Crippen LogP contribution is -2.28. The van der Waals surface area contributed by atoms with Crippen LogP contribution in [-0.2, 0) is 26.0 Å². The van der Waals surface area contributed by atoms with Crippen LogP contribution in [0.25, 0.3) is 0 Å². The monoisotopic (exact) mass is 418 g/mol. The summed E-state index contributed by atoms with van der Waals surface area (Å²) < 4.78 is 25.2. The lowest BCUT2D eigenvalue weighted by atomic mass is 10.2. The molecule has 2 aromatic rings. The average Bonchev–Trinajstić information content (AvgIpc) is 2.70. The minimum atomic E-state index is -3.63. The van der Waals surface area contributed by atoms with E-state index in [0.717, 1.165) is 10.5 Å². The van der Waals surface area contributed by atoms with Gasteiger partial charge in [0.25, 0.3) is 0 Å². The van der Waals surface area contributed by atoms with Gasteiger partial charge in [-0.15, -0.1) is 11.8 Å². The van der Waals surface area contributed by atoms with Crippen molar-refractivity contribution in [2.75, 3.05) is 11.1 Å². The van der Waals surface area contributed by atoms with Gasteiger partial charge in [0.05, 0.1) is 21.6 Å². The largest absolute Gasteiger partial charge is 0.352 e. The van der Waals surface area contributed by atoms with Gasteiger partial charge in [-0.05, 0) is 30.2 Å². The zero-order chi connectivity index (χ0) is 20.1. The molecule has 0 aromatic heterocycles. The first-order chi connectivity index (χ1) is 13.4. The van der Waals surface area contributed by atoms with Gasteiger partial charge in [0.2, 0.25) is 11.8 Å². The van der Waals surface area contributed by atoms with Crippen LogP contribution in [0.2, 0.25) is 0 Å². The van der Waals surface area contributed by atoms with E-state index in [1.54, 1.807) is 6.07 Å². The predicted octanol–water partition coefficient (Wildman–Crippen LogP) is 2.99. The van der Waals surface area contributed by atoms with Gasteiger partial charge < -0.3 is 10.6 Å². The Morgan fingerprint density at radius 3 is 2.64 bits per heavy atom. The summed E-state index contributed by atoms with van der Waals surface area (Å²) in [7, 11) is -3.63. The Morgan fingerprint density at radius 2 is 1.93 bits per heavy atom. The second kappa shape index (κ2) is 8.79. The molecule has 2 amide bonds. The Kier molecular flexibility index (Phi) is 6.41. The zero-order valence-electron chi connectivity index (χ0n) is 15.5. The van der Waals surface area contributed by atoms with Gasteiger partial charge in [-0.2, -0.15) is 0 Å². The molecule has 0 radical (unpaired) electrons. The van der Waals surface area contributed by atoms with E-state index >= 15 is 0 Å². The standard InChI is InChI=1S/C20H22N2O4S2/c1-2-17-20(24)22-16-12-15(8-9-18(16)27-17)28(25,26)11-10-19(23)21-13-14-6-4-3-5-7-14/h3-9,12,17H,2,10-11,13H2,1H3,(H,21,23)(H,22,24). The molecule has 0 saturated carbocycles. The summed E-state index contributed by atoms with van der Waals surface area (Å²) in [6, 6.07) is 14.1. The number of sulfone groups is 1. The molecule has 1 aliphatic heterocycles. The summed E-state index contributed by atoms with van der Waals surface area (Å²) >= 11 is 1.44. The molecule has 0 fully saturated rings. The Morgan fingerprint density at radius 1 is 1.18 bits per heavy atom. The fraction of sp³-hybridized carbons (Fsp3) is 0.300.